The van der Waals surface area contributed by atoms with Gasteiger partial charge in [0.1, 0.15) is 12.6 Å². The van der Waals surface area contributed by atoms with E-state index in [0.717, 1.165) is 0 Å². The fraction of sp³-hybridized carbons (Fsp3) is 0.727. The fourth-order valence-corrected chi connectivity index (χ4v) is 1.29. The lowest BCUT2D eigenvalue weighted by atomic mass is 10.2. The number of rotatable bonds is 8. The Labute approximate surface area is 106 Å². The molecule has 0 bridgehead atoms. The number of carboxylic acids is 1. The predicted molar refractivity (Wildman–Crippen MR) is 64.0 cm³/mol. The van der Waals surface area contributed by atoms with Gasteiger partial charge in [-0.2, -0.15) is 0 Å². The maximum absolute atomic E-state index is 11.7. The molecule has 0 aromatic rings. The molecule has 0 aromatic carbocycles. The second kappa shape index (κ2) is 8.46. The van der Waals surface area contributed by atoms with Gasteiger partial charge in [0.2, 0.25) is 11.8 Å². The quantitative estimate of drug-likeness (QED) is 0.611. The van der Waals surface area contributed by atoms with Crippen molar-refractivity contribution in [2.24, 2.45) is 0 Å². The van der Waals surface area contributed by atoms with Gasteiger partial charge < -0.3 is 20.1 Å². The summed E-state index contributed by atoms with van der Waals surface area (Å²) in [7, 11) is 0. The van der Waals surface area contributed by atoms with Crippen LogP contribution in [0.4, 0.5) is 0 Å². The zero-order valence-electron chi connectivity index (χ0n) is 10.9. The van der Waals surface area contributed by atoms with E-state index in [2.05, 4.69) is 5.32 Å². The first-order valence-electron chi connectivity index (χ1n) is 5.74. The standard InChI is InChI=1S/C11H20N2O5/c1-4-18-7-10(15)13(8(2)11(16)17)6-5-12-9(3)14/h8H,4-7H2,1-3H3,(H,12,14)(H,16,17). The Morgan fingerprint density at radius 1 is 1.39 bits per heavy atom. The van der Waals surface area contributed by atoms with Crippen LogP contribution in [0.1, 0.15) is 20.8 Å². The number of hydrogen-bond acceptors (Lipinski definition) is 4. The van der Waals surface area contributed by atoms with E-state index in [4.69, 9.17) is 9.84 Å². The number of hydrogen-bond donors (Lipinski definition) is 2. The maximum atomic E-state index is 11.7. The van der Waals surface area contributed by atoms with Crippen LogP contribution in [0.2, 0.25) is 0 Å². The zero-order chi connectivity index (χ0) is 14.1. The third-order valence-electron chi connectivity index (χ3n) is 2.30. The summed E-state index contributed by atoms with van der Waals surface area (Å²) in [4.78, 5) is 34.5. The van der Waals surface area contributed by atoms with Crippen LogP contribution in [0.5, 0.6) is 0 Å². The monoisotopic (exact) mass is 260 g/mol. The molecule has 0 aliphatic carbocycles. The lowest BCUT2D eigenvalue weighted by Gasteiger charge is -2.26. The van der Waals surface area contributed by atoms with Gasteiger partial charge in [0.05, 0.1) is 0 Å². The van der Waals surface area contributed by atoms with Crippen LogP contribution in [-0.2, 0) is 19.1 Å². The van der Waals surface area contributed by atoms with Crippen molar-refractivity contribution >= 4 is 17.8 Å². The Kier molecular flexibility index (Phi) is 7.69. The molecule has 2 N–H and O–H groups in total. The van der Waals surface area contributed by atoms with Gasteiger partial charge in [0.25, 0.3) is 0 Å². The number of carboxylic acid groups (broad SMARTS) is 1. The molecular formula is C11H20N2O5. The summed E-state index contributed by atoms with van der Waals surface area (Å²) in [6.07, 6.45) is 0. The molecule has 0 radical (unpaired) electrons. The Bertz CT molecular complexity index is 306. The van der Waals surface area contributed by atoms with Gasteiger partial charge in [0.15, 0.2) is 0 Å². The maximum Gasteiger partial charge on any atom is 0.326 e. The van der Waals surface area contributed by atoms with Crippen LogP contribution in [0, 0.1) is 0 Å². The van der Waals surface area contributed by atoms with Gasteiger partial charge >= 0.3 is 5.97 Å². The van der Waals surface area contributed by atoms with Gasteiger partial charge in [-0.05, 0) is 13.8 Å². The molecule has 0 heterocycles. The van der Waals surface area contributed by atoms with Crippen molar-refractivity contribution in [2.45, 2.75) is 26.8 Å². The predicted octanol–water partition coefficient (Wildman–Crippen LogP) is -0.539. The first-order valence-corrected chi connectivity index (χ1v) is 5.74. The highest BCUT2D eigenvalue weighted by atomic mass is 16.5. The van der Waals surface area contributed by atoms with Crippen LogP contribution in [0.15, 0.2) is 0 Å². The topological polar surface area (TPSA) is 95.9 Å². The Morgan fingerprint density at radius 2 is 2.00 bits per heavy atom. The van der Waals surface area contributed by atoms with Crippen LogP contribution < -0.4 is 5.32 Å². The van der Waals surface area contributed by atoms with Crippen molar-refractivity contribution in [1.82, 2.24) is 10.2 Å². The number of nitrogens with zero attached hydrogens (tertiary/aromatic N) is 1. The number of ether oxygens (including phenoxy) is 1. The smallest absolute Gasteiger partial charge is 0.326 e. The van der Waals surface area contributed by atoms with Crippen molar-refractivity contribution in [3.8, 4) is 0 Å². The van der Waals surface area contributed by atoms with Gasteiger partial charge in [-0.25, -0.2) is 4.79 Å². The van der Waals surface area contributed by atoms with Crippen molar-refractivity contribution in [1.29, 1.82) is 0 Å². The summed E-state index contributed by atoms with van der Waals surface area (Å²) in [5.74, 6) is -1.73. The van der Waals surface area contributed by atoms with E-state index >= 15 is 0 Å². The van der Waals surface area contributed by atoms with E-state index in [-0.39, 0.29) is 25.6 Å². The molecule has 0 fully saturated rings. The van der Waals surface area contributed by atoms with Gasteiger partial charge in [-0.1, -0.05) is 0 Å². The summed E-state index contributed by atoms with van der Waals surface area (Å²) < 4.78 is 4.96. The molecular weight excluding hydrogens is 240 g/mol. The molecule has 104 valence electrons. The van der Waals surface area contributed by atoms with E-state index in [0.29, 0.717) is 6.61 Å². The molecule has 0 rings (SSSR count). The molecule has 1 unspecified atom stereocenters. The highest BCUT2D eigenvalue weighted by Gasteiger charge is 2.24. The largest absolute Gasteiger partial charge is 0.480 e. The normalized spacial score (nSPS) is 11.7. The third kappa shape index (κ3) is 6.19. The molecule has 2 amide bonds. The Hall–Kier alpha value is -1.63. The lowest BCUT2D eigenvalue weighted by Crippen LogP contribution is -2.48. The van der Waals surface area contributed by atoms with E-state index < -0.39 is 17.9 Å². The molecule has 18 heavy (non-hydrogen) atoms. The van der Waals surface area contributed by atoms with E-state index in [1.165, 1.54) is 18.7 Å². The summed E-state index contributed by atoms with van der Waals surface area (Å²) >= 11 is 0. The second-order valence-corrected chi connectivity index (χ2v) is 3.72. The number of aliphatic carboxylic acids is 1. The van der Waals surface area contributed by atoms with Crippen molar-refractivity contribution in [3.63, 3.8) is 0 Å². The van der Waals surface area contributed by atoms with Gasteiger partial charge in [-0.15, -0.1) is 0 Å². The minimum Gasteiger partial charge on any atom is -0.480 e. The number of nitrogens with one attached hydrogen (secondary N) is 1. The minimum atomic E-state index is -1.09. The molecule has 0 saturated carbocycles. The van der Waals surface area contributed by atoms with Crippen LogP contribution in [0.25, 0.3) is 0 Å². The highest BCUT2D eigenvalue weighted by molar-refractivity contribution is 5.84. The van der Waals surface area contributed by atoms with Gasteiger partial charge in [0, 0.05) is 26.6 Å². The van der Waals surface area contributed by atoms with Gasteiger partial charge in [-0.3, -0.25) is 9.59 Å². The van der Waals surface area contributed by atoms with Crippen molar-refractivity contribution in [3.05, 3.63) is 0 Å². The Balaban J connectivity index is 4.46. The molecule has 0 spiro atoms. The summed E-state index contributed by atoms with van der Waals surface area (Å²) in [6.45, 7) is 5.09. The number of carbonyl (C=O) groups excluding carboxylic acids is 2. The average Bonchev–Trinajstić information content (AvgIpc) is 2.30. The van der Waals surface area contributed by atoms with Crippen molar-refractivity contribution in [2.75, 3.05) is 26.3 Å². The molecule has 7 heteroatoms. The SMILES string of the molecule is CCOCC(=O)N(CCNC(C)=O)C(C)C(=O)O. The van der Waals surface area contributed by atoms with E-state index in [1.807, 2.05) is 0 Å². The number of amides is 2. The molecule has 7 nitrogen and oxygen atoms in total. The van der Waals surface area contributed by atoms with Crippen LogP contribution in [-0.4, -0.2) is 60.1 Å². The second-order valence-electron chi connectivity index (χ2n) is 3.72. The molecule has 1 atom stereocenters. The van der Waals surface area contributed by atoms with E-state index in [1.54, 1.807) is 6.92 Å². The molecule has 0 saturated heterocycles. The van der Waals surface area contributed by atoms with Crippen LogP contribution in [0.3, 0.4) is 0 Å². The molecule has 0 aliphatic rings. The number of carbonyl (C=O) groups is 3. The summed E-state index contributed by atoms with van der Waals surface area (Å²) in [5.41, 5.74) is 0. The van der Waals surface area contributed by atoms with Crippen LogP contribution >= 0.6 is 0 Å². The Morgan fingerprint density at radius 3 is 2.44 bits per heavy atom. The third-order valence-corrected chi connectivity index (χ3v) is 2.30. The molecule has 0 aliphatic heterocycles. The van der Waals surface area contributed by atoms with Crippen molar-refractivity contribution < 1.29 is 24.2 Å². The molecule has 0 aromatic heterocycles. The average molecular weight is 260 g/mol. The lowest BCUT2D eigenvalue weighted by molar-refractivity contribution is -0.151. The van der Waals surface area contributed by atoms with E-state index in [9.17, 15) is 14.4 Å². The zero-order valence-corrected chi connectivity index (χ0v) is 10.9. The highest BCUT2D eigenvalue weighted by Crippen LogP contribution is 2.00. The summed E-state index contributed by atoms with van der Waals surface area (Å²) in [5, 5.41) is 11.4. The summed E-state index contributed by atoms with van der Waals surface area (Å²) in [6, 6.07) is -0.952. The minimum absolute atomic E-state index is 0.138. The fourth-order valence-electron chi connectivity index (χ4n) is 1.29. The first-order chi connectivity index (χ1) is 8.40. The first kappa shape index (κ1) is 16.4.